The first-order valence-corrected chi connectivity index (χ1v) is 9.51. The number of ether oxygens (including phenoxy) is 1. The molecule has 1 aromatic rings. The third kappa shape index (κ3) is 5.70. The van der Waals surface area contributed by atoms with Crippen LogP contribution in [0.4, 0.5) is 0 Å². The Bertz CT molecular complexity index is 666. The molecule has 0 bridgehead atoms. The highest BCUT2D eigenvalue weighted by Gasteiger charge is 2.33. The van der Waals surface area contributed by atoms with Crippen LogP contribution in [0.15, 0.2) is 30.3 Å². The predicted octanol–water partition coefficient (Wildman–Crippen LogP) is 1.67. The van der Waals surface area contributed by atoms with Gasteiger partial charge in [-0.1, -0.05) is 31.0 Å². The van der Waals surface area contributed by atoms with Gasteiger partial charge in [-0.25, -0.2) is 4.79 Å². The number of aliphatic carboxylic acids is 1. The molecule has 2 aliphatic rings. The van der Waals surface area contributed by atoms with Crippen molar-refractivity contribution in [1.82, 2.24) is 10.2 Å². The maximum Gasteiger partial charge on any atom is 0.326 e. The minimum atomic E-state index is -0.971. The summed E-state index contributed by atoms with van der Waals surface area (Å²) >= 11 is 0. The highest BCUT2D eigenvalue weighted by Crippen LogP contribution is 2.33. The van der Waals surface area contributed by atoms with Gasteiger partial charge in [-0.05, 0) is 37.3 Å². The molecule has 7 heteroatoms. The predicted molar refractivity (Wildman–Crippen MR) is 98.1 cm³/mol. The van der Waals surface area contributed by atoms with Crippen molar-refractivity contribution >= 4 is 17.8 Å². The van der Waals surface area contributed by atoms with Crippen LogP contribution in [0, 0.1) is 11.8 Å². The number of rotatable bonds is 8. The van der Waals surface area contributed by atoms with Crippen molar-refractivity contribution in [3.63, 3.8) is 0 Å². The summed E-state index contributed by atoms with van der Waals surface area (Å²) in [6, 6.07) is 8.36. The first-order chi connectivity index (χ1) is 13.0. The first-order valence-electron chi connectivity index (χ1n) is 9.51. The van der Waals surface area contributed by atoms with Crippen LogP contribution < -0.4 is 10.1 Å². The number of hydrogen-bond donors (Lipinski definition) is 2. The minimum Gasteiger partial charge on any atom is -0.484 e. The van der Waals surface area contributed by atoms with E-state index in [-0.39, 0.29) is 24.3 Å². The van der Waals surface area contributed by atoms with E-state index in [9.17, 15) is 19.5 Å². The molecule has 146 valence electrons. The Labute approximate surface area is 158 Å². The van der Waals surface area contributed by atoms with E-state index in [1.807, 2.05) is 18.2 Å². The fourth-order valence-electron chi connectivity index (χ4n) is 3.34. The number of nitrogens with one attached hydrogen (secondary N) is 1. The van der Waals surface area contributed by atoms with Gasteiger partial charge >= 0.3 is 5.97 Å². The zero-order valence-electron chi connectivity index (χ0n) is 15.3. The van der Waals surface area contributed by atoms with E-state index in [0.29, 0.717) is 44.0 Å². The van der Waals surface area contributed by atoms with Crippen molar-refractivity contribution in [1.29, 1.82) is 0 Å². The molecule has 27 heavy (non-hydrogen) atoms. The molecular weight excluding hydrogens is 348 g/mol. The number of benzene rings is 1. The molecule has 1 heterocycles. The van der Waals surface area contributed by atoms with Crippen LogP contribution in [0.1, 0.15) is 32.1 Å². The van der Waals surface area contributed by atoms with Gasteiger partial charge in [0.05, 0.1) is 0 Å². The van der Waals surface area contributed by atoms with Gasteiger partial charge in [0.25, 0.3) is 5.91 Å². The fourth-order valence-corrected chi connectivity index (χ4v) is 3.34. The van der Waals surface area contributed by atoms with Crippen LogP contribution in [0.5, 0.6) is 5.75 Å². The molecule has 3 rings (SSSR count). The summed E-state index contributed by atoms with van der Waals surface area (Å²) in [5, 5.41) is 12.0. The number of hydrogen-bond acceptors (Lipinski definition) is 4. The van der Waals surface area contributed by atoms with E-state index < -0.39 is 12.0 Å². The van der Waals surface area contributed by atoms with Crippen molar-refractivity contribution in [3.8, 4) is 5.75 Å². The van der Waals surface area contributed by atoms with Crippen LogP contribution in [-0.2, 0) is 14.4 Å². The molecule has 1 saturated carbocycles. The van der Waals surface area contributed by atoms with Crippen LogP contribution in [0.2, 0.25) is 0 Å². The average Bonchev–Trinajstić information content (AvgIpc) is 3.50. The molecule has 2 N–H and O–H groups in total. The lowest BCUT2D eigenvalue weighted by Crippen LogP contribution is -2.48. The Morgan fingerprint density at radius 3 is 2.37 bits per heavy atom. The summed E-state index contributed by atoms with van der Waals surface area (Å²) in [7, 11) is 0. The molecule has 1 atom stereocenters. The standard InChI is InChI=1S/C20H26N2O5/c23-18(13-27-16-4-2-1-3-5-16)22-10-8-15(9-11-22)19(24)21-17(20(25)26)12-14-6-7-14/h1-5,14-15,17H,6-13H2,(H,21,24)(H,25,26). The lowest BCUT2D eigenvalue weighted by atomic mass is 9.95. The lowest BCUT2D eigenvalue weighted by molar-refractivity contribution is -0.143. The van der Waals surface area contributed by atoms with Crippen molar-refractivity contribution in [2.24, 2.45) is 11.8 Å². The molecule has 1 aliphatic carbocycles. The Morgan fingerprint density at radius 1 is 1.11 bits per heavy atom. The van der Waals surface area contributed by atoms with Gasteiger partial charge in [-0.15, -0.1) is 0 Å². The second-order valence-corrected chi connectivity index (χ2v) is 7.34. The Morgan fingerprint density at radius 2 is 1.78 bits per heavy atom. The number of amides is 2. The van der Waals surface area contributed by atoms with E-state index >= 15 is 0 Å². The van der Waals surface area contributed by atoms with Gasteiger partial charge in [-0.3, -0.25) is 9.59 Å². The van der Waals surface area contributed by atoms with Gasteiger partial charge in [0, 0.05) is 19.0 Å². The quantitative estimate of drug-likeness (QED) is 0.722. The maximum atomic E-state index is 12.4. The fraction of sp³-hybridized carbons (Fsp3) is 0.550. The number of carbonyl (C=O) groups excluding carboxylic acids is 2. The molecular formula is C20H26N2O5. The monoisotopic (exact) mass is 374 g/mol. The van der Waals surface area contributed by atoms with Crippen LogP contribution in [0.3, 0.4) is 0 Å². The number of para-hydroxylation sites is 1. The van der Waals surface area contributed by atoms with E-state index in [4.69, 9.17) is 4.74 Å². The molecule has 1 unspecified atom stereocenters. The molecule has 2 amide bonds. The Balaban J connectivity index is 1.41. The van der Waals surface area contributed by atoms with Gasteiger partial charge < -0.3 is 20.1 Å². The second kappa shape index (κ2) is 8.88. The zero-order chi connectivity index (χ0) is 19.2. The summed E-state index contributed by atoms with van der Waals surface area (Å²) in [6.07, 6.45) is 3.68. The molecule has 0 spiro atoms. The first kappa shape index (κ1) is 19.2. The van der Waals surface area contributed by atoms with Gasteiger partial charge in [0.1, 0.15) is 11.8 Å². The topological polar surface area (TPSA) is 95.9 Å². The summed E-state index contributed by atoms with van der Waals surface area (Å²) in [4.78, 5) is 37.7. The van der Waals surface area contributed by atoms with Crippen molar-refractivity contribution < 1.29 is 24.2 Å². The molecule has 1 aliphatic heterocycles. The van der Waals surface area contributed by atoms with E-state index in [0.717, 1.165) is 12.8 Å². The normalized spacial score (nSPS) is 18.6. The summed E-state index contributed by atoms with van der Waals surface area (Å²) in [6.45, 7) is 0.939. The van der Waals surface area contributed by atoms with Crippen LogP contribution in [0.25, 0.3) is 0 Å². The third-order valence-corrected chi connectivity index (χ3v) is 5.20. The van der Waals surface area contributed by atoms with E-state index in [1.165, 1.54) is 0 Å². The molecule has 7 nitrogen and oxygen atoms in total. The third-order valence-electron chi connectivity index (χ3n) is 5.20. The number of carboxylic acids is 1. The van der Waals surface area contributed by atoms with E-state index in [1.54, 1.807) is 17.0 Å². The van der Waals surface area contributed by atoms with Gasteiger partial charge in [0.2, 0.25) is 5.91 Å². The Hall–Kier alpha value is -2.57. The maximum absolute atomic E-state index is 12.4. The smallest absolute Gasteiger partial charge is 0.326 e. The summed E-state index contributed by atoms with van der Waals surface area (Å²) < 4.78 is 5.48. The van der Waals surface area contributed by atoms with E-state index in [2.05, 4.69) is 5.32 Å². The van der Waals surface area contributed by atoms with Gasteiger partial charge in [-0.2, -0.15) is 0 Å². The SMILES string of the molecule is O=C(NC(CC1CC1)C(=O)O)C1CCN(C(=O)COc2ccccc2)CC1. The summed E-state index contributed by atoms with van der Waals surface area (Å²) in [5.41, 5.74) is 0. The van der Waals surface area contributed by atoms with Gasteiger partial charge in [0.15, 0.2) is 6.61 Å². The summed E-state index contributed by atoms with van der Waals surface area (Å²) in [5.74, 6) is -0.456. The van der Waals surface area contributed by atoms with Crippen LogP contribution in [-0.4, -0.2) is 53.5 Å². The number of carboxylic acid groups (broad SMARTS) is 1. The van der Waals surface area contributed by atoms with Crippen molar-refractivity contribution in [3.05, 3.63) is 30.3 Å². The molecule has 1 saturated heterocycles. The number of piperidine rings is 1. The number of nitrogens with zero attached hydrogens (tertiary/aromatic N) is 1. The van der Waals surface area contributed by atoms with Crippen molar-refractivity contribution in [2.45, 2.75) is 38.1 Å². The zero-order valence-corrected chi connectivity index (χ0v) is 15.3. The molecule has 2 fully saturated rings. The minimum absolute atomic E-state index is 0.0245. The average molecular weight is 374 g/mol. The molecule has 1 aromatic carbocycles. The highest BCUT2D eigenvalue weighted by atomic mass is 16.5. The van der Waals surface area contributed by atoms with Crippen LogP contribution >= 0.6 is 0 Å². The highest BCUT2D eigenvalue weighted by molar-refractivity contribution is 5.85. The largest absolute Gasteiger partial charge is 0.484 e. The lowest BCUT2D eigenvalue weighted by Gasteiger charge is -2.31. The molecule has 0 radical (unpaired) electrons. The number of carbonyl (C=O) groups is 3. The van der Waals surface area contributed by atoms with Crippen molar-refractivity contribution in [2.75, 3.05) is 19.7 Å². The number of likely N-dealkylation sites (tertiary alicyclic amines) is 1. The molecule has 0 aromatic heterocycles. The second-order valence-electron chi connectivity index (χ2n) is 7.34. The Kier molecular flexibility index (Phi) is 6.32.